The lowest BCUT2D eigenvalue weighted by atomic mass is 10.3. The summed E-state index contributed by atoms with van der Waals surface area (Å²) in [5, 5.41) is 0. The molecule has 2 unspecified atom stereocenters. The predicted octanol–water partition coefficient (Wildman–Crippen LogP) is 3.72. The van der Waals surface area contributed by atoms with E-state index < -0.39 is 16.8 Å². The first-order chi connectivity index (χ1) is 8.22. The molecule has 0 bridgehead atoms. The molecule has 0 radical (unpaired) electrons. The fourth-order valence-electron chi connectivity index (χ4n) is 1.85. The van der Waals surface area contributed by atoms with E-state index in [2.05, 4.69) is 51.9 Å². The molecule has 3 nitrogen and oxygen atoms in total. The van der Waals surface area contributed by atoms with Gasteiger partial charge in [-0.1, -0.05) is 26.6 Å². The van der Waals surface area contributed by atoms with Crippen LogP contribution in [0.15, 0.2) is 0 Å². The van der Waals surface area contributed by atoms with Crippen LogP contribution in [0.4, 0.5) is 0 Å². The average Bonchev–Trinajstić information content (AvgIpc) is 2.23. The smallest absolute Gasteiger partial charge is 0.335 e. The summed E-state index contributed by atoms with van der Waals surface area (Å²) in [7, 11) is -3.08. The molecular formula is C13H33NO2Si2. The van der Waals surface area contributed by atoms with Crippen molar-refractivity contribution in [1.82, 2.24) is 4.98 Å². The fourth-order valence-corrected chi connectivity index (χ4v) is 5.56. The molecule has 0 aromatic heterocycles. The first-order valence-corrected chi connectivity index (χ1v) is 13.3. The third-order valence-electron chi connectivity index (χ3n) is 2.94. The minimum atomic E-state index is -1.95. The second kappa shape index (κ2) is 8.48. The highest BCUT2D eigenvalue weighted by Gasteiger charge is 2.32. The Morgan fingerprint density at radius 3 is 2.17 bits per heavy atom. The van der Waals surface area contributed by atoms with Gasteiger partial charge in [0, 0.05) is 12.7 Å². The van der Waals surface area contributed by atoms with Gasteiger partial charge in [0.2, 0.25) is 0 Å². The normalized spacial score (nSPS) is 17.5. The van der Waals surface area contributed by atoms with Gasteiger partial charge in [0.15, 0.2) is 0 Å². The van der Waals surface area contributed by atoms with Crippen LogP contribution in [0.5, 0.6) is 0 Å². The molecule has 0 aliphatic rings. The molecule has 1 N–H and O–H groups in total. The molecule has 0 aromatic rings. The Hall–Kier alpha value is 0.314. The van der Waals surface area contributed by atoms with Crippen LogP contribution in [0.3, 0.4) is 0 Å². The zero-order valence-electron chi connectivity index (χ0n) is 13.4. The van der Waals surface area contributed by atoms with Crippen molar-refractivity contribution in [2.75, 3.05) is 13.2 Å². The Morgan fingerprint density at radius 2 is 1.72 bits per heavy atom. The topological polar surface area (TPSA) is 30.5 Å². The molecule has 0 aliphatic heterocycles. The van der Waals surface area contributed by atoms with Gasteiger partial charge in [-0.2, -0.15) is 0 Å². The molecule has 0 amide bonds. The number of nitrogens with one attached hydrogen (secondary N) is 1. The van der Waals surface area contributed by atoms with Crippen LogP contribution < -0.4 is 4.98 Å². The van der Waals surface area contributed by atoms with E-state index in [1.54, 1.807) is 0 Å². The lowest BCUT2D eigenvalue weighted by Gasteiger charge is -2.30. The van der Waals surface area contributed by atoms with Gasteiger partial charge in [-0.15, -0.1) is 0 Å². The van der Waals surface area contributed by atoms with Crippen LogP contribution >= 0.6 is 0 Å². The van der Waals surface area contributed by atoms with Gasteiger partial charge in [-0.25, -0.2) is 0 Å². The fraction of sp³-hybridized carbons (Fsp3) is 1.00. The van der Waals surface area contributed by atoms with Crippen molar-refractivity contribution in [2.45, 2.75) is 71.9 Å². The summed E-state index contributed by atoms with van der Waals surface area (Å²) < 4.78 is 12.1. The van der Waals surface area contributed by atoms with E-state index in [0.29, 0.717) is 6.10 Å². The Balaban J connectivity index is 4.10. The van der Waals surface area contributed by atoms with Crippen LogP contribution in [-0.2, 0) is 8.85 Å². The largest absolute Gasteiger partial charge is 0.395 e. The minimum Gasteiger partial charge on any atom is -0.395 e. The van der Waals surface area contributed by atoms with E-state index in [9.17, 15) is 0 Å². The first-order valence-electron chi connectivity index (χ1n) is 7.29. The van der Waals surface area contributed by atoms with Crippen molar-refractivity contribution in [3.05, 3.63) is 0 Å². The zero-order chi connectivity index (χ0) is 14.2. The van der Waals surface area contributed by atoms with Crippen LogP contribution in [0.1, 0.15) is 33.6 Å². The third kappa shape index (κ3) is 9.27. The summed E-state index contributed by atoms with van der Waals surface area (Å²) in [5.41, 5.74) is 0. The Labute approximate surface area is 116 Å². The van der Waals surface area contributed by atoms with Crippen molar-refractivity contribution in [1.29, 1.82) is 0 Å². The van der Waals surface area contributed by atoms with E-state index in [0.717, 1.165) is 32.0 Å². The third-order valence-corrected chi connectivity index (χ3v) is 7.31. The monoisotopic (exact) mass is 291 g/mol. The highest BCUT2D eigenvalue weighted by atomic mass is 28.4. The van der Waals surface area contributed by atoms with Crippen molar-refractivity contribution >= 4 is 16.8 Å². The van der Waals surface area contributed by atoms with Crippen LogP contribution in [0, 0.1) is 0 Å². The molecule has 0 fully saturated rings. The SMILES string of the molecule is CCO[Si](C)(CCCN[Si](C)(C)C)OC(C)CC. The maximum atomic E-state index is 6.16. The summed E-state index contributed by atoms with van der Waals surface area (Å²) in [4.78, 5) is 3.65. The van der Waals surface area contributed by atoms with Crippen molar-refractivity contribution in [3.63, 3.8) is 0 Å². The summed E-state index contributed by atoms with van der Waals surface area (Å²) in [6.07, 6.45) is 2.53. The lowest BCUT2D eigenvalue weighted by molar-refractivity contribution is 0.128. The molecule has 2 atom stereocenters. The number of rotatable bonds is 10. The van der Waals surface area contributed by atoms with Gasteiger partial charge in [0.05, 0.1) is 0 Å². The van der Waals surface area contributed by atoms with E-state index >= 15 is 0 Å². The zero-order valence-corrected chi connectivity index (χ0v) is 15.4. The van der Waals surface area contributed by atoms with Gasteiger partial charge in [-0.3, -0.25) is 0 Å². The van der Waals surface area contributed by atoms with Gasteiger partial charge < -0.3 is 13.8 Å². The quantitative estimate of drug-likeness (QED) is 0.491. The highest BCUT2D eigenvalue weighted by Crippen LogP contribution is 2.19. The standard InChI is InChI=1S/C13H33NO2Si2/c1-8-13(3)16-18(7,15-9-2)12-10-11-14-17(4,5)6/h13-14H,8-12H2,1-7H3. The van der Waals surface area contributed by atoms with Crippen molar-refractivity contribution in [3.8, 4) is 0 Å². The molecular weight excluding hydrogens is 258 g/mol. The molecule has 18 heavy (non-hydrogen) atoms. The predicted molar refractivity (Wildman–Crippen MR) is 84.9 cm³/mol. The van der Waals surface area contributed by atoms with E-state index in [4.69, 9.17) is 8.85 Å². The highest BCUT2D eigenvalue weighted by molar-refractivity contribution is 6.73. The molecule has 0 spiro atoms. The van der Waals surface area contributed by atoms with Gasteiger partial charge in [-0.05, 0) is 45.8 Å². The Kier molecular flexibility index (Phi) is 8.63. The van der Waals surface area contributed by atoms with Gasteiger partial charge >= 0.3 is 8.56 Å². The molecule has 0 saturated heterocycles. The summed E-state index contributed by atoms with van der Waals surface area (Å²) in [6, 6.07) is 1.09. The summed E-state index contributed by atoms with van der Waals surface area (Å²) >= 11 is 0. The Morgan fingerprint density at radius 1 is 1.11 bits per heavy atom. The van der Waals surface area contributed by atoms with Gasteiger partial charge in [0.25, 0.3) is 0 Å². The molecule has 0 rings (SSSR count). The van der Waals surface area contributed by atoms with E-state index in [-0.39, 0.29) is 0 Å². The molecule has 0 aliphatic carbocycles. The minimum absolute atomic E-state index is 0.318. The molecule has 5 heteroatoms. The van der Waals surface area contributed by atoms with E-state index in [1.165, 1.54) is 0 Å². The number of hydrogen-bond acceptors (Lipinski definition) is 3. The van der Waals surface area contributed by atoms with Crippen LogP contribution in [0.25, 0.3) is 0 Å². The van der Waals surface area contributed by atoms with Gasteiger partial charge in [0.1, 0.15) is 8.24 Å². The van der Waals surface area contributed by atoms with Crippen molar-refractivity contribution < 1.29 is 8.85 Å². The van der Waals surface area contributed by atoms with Crippen molar-refractivity contribution in [2.24, 2.45) is 0 Å². The number of hydrogen-bond donors (Lipinski definition) is 1. The second-order valence-corrected chi connectivity index (χ2v) is 14.3. The second-order valence-electron chi connectivity index (χ2n) is 6.18. The molecule has 0 saturated carbocycles. The summed E-state index contributed by atoms with van der Waals surface area (Å²) in [5.74, 6) is 0. The maximum Gasteiger partial charge on any atom is 0.335 e. The van der Waals surface area contributed by atoms with E-state index in [1.807, 2.05) is 0 Å². The molecule has 0 aromatic carbocycles. The lowest BCUT2D eigenvalue weighted by Crippen LogP contribution is -2.44. The van der Waals surface area contributed by atoms with Crippen LogP contribution in [-0.4, -0.2) is 36.1 Å². The van der Waals surface area contributed by atoms with Crippen LogP contribution in [0.2, 0.25) is 32.2 Å². The first kappa shape index (κ1) is 18.3. The summed E-state index contributed by atoms with van der Waals surface area (Å²) in [6.45, 7) is 17.4. The maximum absolute atomic E-state index is 6.16. The molecule has 0 heterocycles. The average molecular weight is 292 g/mol. The Bertz CT molecular complexity index is 222. The molecule has 110 valence electrons.